The van der Waals surface area contributed by atoms with Crippen molar-refractivity contribution in [2.24, 2.45) is 0 Å². The predicted octanol–water partition coefficient (Wildman–Crippen LogP) is 1.94. The molecule has 0 radical (unpaired) electrons. The van der Waals surface area contributed by atoms with Crippen molar-refractivity contribution in [2.75, 3.05) is 6.61 Å². The number of carbonyl (C=O) groups excluding carboxylic acids is 1. The molecule has 2 aliphatic heterocycles. The lowest BCUT2D eigenvalue weighted by molar-refractivity contribution is 0.0925. The van der Waals surface area contributed by atoms with Crippen LogP contribution in [0.5, 0.6) is 0 Å². The van der Waals surface area contributed by atoms with E-state index in [-0.39, 0.29) is 6.09 Å². The first kappa shape index (κ1) is 8.60. The molecule has 1 fully saturated rings. The molecule has 0 spiro atoms. The van der Waals surface area contributed by atoms with E-state index < -0.39 is 0 Å². The van der Waals surface area contributed by atoms with Gasteiger partial charge in [-0.1, -0.05) is 12.2 Å². The minimum Gasteiger partial charge on any atom is -0.450 e. The van der Waals surface area contributed by atoms with Gasteiger partial charge in [0.2, 0.25) is 0 Å². The van der Waals surface area contributed by atoms with Crippen LogP contribution in [0, 0.1) is 0 Å². The molecule has 3 heteroatoms. The Morgan fingerprint density at radius 1 is 1.62 bits per heavy atom. The molecule has 0 N–H and O–H groups in total. The van der Waals surface area contributed by atoms with Crippen LogP contribution in [0.15, 0.2) is 12.2 Å². The van der Waals surface area contributed by atoms with Gasteiger partial charge in [0.05, 0.1) is 12.6 Å². The number of carbonyl (C=O) groups is 1. The number of fused-ring (bicyclic) bond motifs is 2. The summed E-state index contributed by atoms with van der Waals surface area (Å²) in [6.45, 7) is 2.32. The zero-order chi connectivity index (χ0) is 9.26. The van der Waals surface area contributed by atoms with Crippen molar-refractivity contribution in [3.63, 3.8) is 0 Å². The highest BCUT2D eigenvalue weighted by molar-refractivity contribution is 5.69. The van der Waals surface area contributed by atoms with Gasteiger partial charge >= 0.3 is 6.09 Å². The Balaban J connectivity index is 2.07. The molecular weight excluding hydrogens is 166 g/mol. The van der Waals surface area contributed by atoms with Crippen LogP contribution in [-0.2, 0) is 4.74 Å². The molecule has 13 heavy (non-hydrogen) atoms. The molecule has 0 aromatic carbocycles. The Hall–Kier alpha value is -0.990. The van der Waals surface area contributed by atoms with Crippen LogP contribution < -0.4 is 0 Å². The summed E-state index contributed by atoms with van der Waals surface area (Å²) in [5.74, 6) is 0. The highest BCUT2D eigenvalue weighted by atomic mass is 16.6. The van der Waals surface area contributed by atoms with Gasteiger partial charge in [-0.15, -0.1) is 0 Å². The summed E-state index contributed by atoms with van der Waals surface area (Å²) in [5, 5.41) is 0. The molecule has 2 rings (SSSR count). The van der Waals surface area contributed by atoms with E-state index in [4.69, 9.17) is 4.74 Å². The van der Waals surface area contributed by atoms with Crippen LogP contribution in [0.2, 0.25) is 0 Å². The summed E-state index contributed by atoms with van der Waals surface area (Å²) in [5.41, 5.74) is 0. The van der Waals surface area contributed by atoms with Gasteiger partial charge < -0.3 is 4.74 Å². The zero-order valence-electron chi connectivity index (χ0n) is 7.90. The molecule has 2 aliphatic rings. The number of hydrogen-bond donors (Lipinski definition) is 0. The highest BCUT2D eigenvalue weighted by Crippen LogP contribution is 2.31. The van der Waals surface area contributed by atoms with E-state index in [0.29, 0.717) is 18.7 Å². The minimum absolute atomic E-state index is 0.139. The predicted molar refractivity (Wildman–Crippen MR) is 49.4 cm³/mol. The van der Waals surface area contributed by atoms with Crippen LogP contribution in [0.25, 0.3) is 0 Å². The molecule has 0 aromatic rings. The first-order valence-electron chi connectivity index (χ1n) is 4.94. The zero-order valence-corrected chi connectivity index (χ0v) is 7.90. The fraction of sp³-hybridized carbons (Fsp3) is 0.700. The number of nitrogens with zero attached hydrogens (tertiary/aromatic N) is 1. The lowest BCUT2D eigenvalue weighted by Crippen LogP contribution is -2.42. The molecule has 1 saturated heterocycles. The summed E-state index contributed by atoms with van der Waals surface area (Å²) in [6.07, 6.45) is 7.38. The summed E-state index contributed by atoms with van der Waals surface area (Å²) in [6, 6.07) is 0.701. The minimum atomic E-state index is -0.139. The molecule has 2 heterocycles. The third-order valence-electron chi connectivity index (χ3n) is 2.79. The fourth-order valence-corrected chi connectivity index (χ4v) is 2.21. The van der Waals surface area contributed by atoms with Crippen molar-refractivity contribution < 1.29 is 9.53 Å². The fourth-order valence-electron chi connectivity index (χ4n) is 2.21. The molecule has 1 amide bonds. The molecule has 2 bridgehead atoms. The average Bonchev–Trinajstić information content (AvgIpc) is 2.37. The van der Waals surface area contributed by atoms with Crippen molar-refractivity contribution in [2.45, 2.75) is 38.3 Å². The second kappa shape index (κ2) is 3.40. The molecule has 0 saturated carbocycles. The SMILES string of the molecule is CCOC(=O)N1[C@@H]2CC=C[C@@H]1CC2. The Bertz CT molecular complexity index is 237. The molecule has 72 valence electrons. The molecule has 3 nitrogen and oxygen atoms in total. The smallest absolute Gasteiger partial charge is 0.410 e. The number of amides is 1. The van der Waals surface area contributed by atoms with Crippen LogP contribution in [0.4, 0.5) is 4.79 Å². The first-order chi connectivity index (χ1) is 6.33. The van der Waals surface area contributed by atoms with Crippen molar-refractivity contribution in [1.82, 2.24) is 4.90 Å². The van der Waals surface area contributed by atoms with Gasteiger partial charge in [-0.2, -0.15) is 0 Å². The van der Waals surface area contributed by atoms with Crippen LogP contribution in [0.1, 0.15) is 26.2 Å². The van der Waals surface area contributed by atoms with Gasteiger partial charge in [-0.05, 0) is 26.2 Å². The summed E-state index contributed by atoms with van der Waals surface area (Å²) >= 11 is 0. The van der Waals surface area contributed by atoms with Crippen molar-refractivity contribution >= 4 is 6.09 Å². The Morgan fingerprint density at radius 2 is 2.46 bits per heavy atom. The Morgan fingerprint density at radius 3 is 3.15 bits per heavy atom. The molecule has 0 aromatic heterocycles. The first-order valence-corrected chi connectivity index (χ1v) is 4.94. The quantitative estimate of drug-likeness (QED) is 0.578. The second-order valence-electron chi connectivity index (χ2n) is 3.57. The lowest BCUT2D eigenvalue weighted by atomic mass is 10.1. The van der Waals surface area contributed by atoms with E-state index in [1.165, 1.54) is 0 Å². The Labute approximate surface area is 78.4 Å². The standard InChI is InChI=1S/C10H15NO2/c1-2-13-10(12)11-8-4-3-5-9(11)7-6-8/h3-4,8-9H,2,5-7H2,1H3/t8-,9-/m1/s1. The number of ether oxygens (including phenoxy) is 1. The normalized spacial score (nSPS) is 30.7. The second-order valence-corrected chi connectivity index (χ2v) is 3.57. The summed E-state index contributed by atoms with van der Waals surface area (Å²) < 4.78 is 5.02. The maximum Gasteiger partial charge on any atom is 0.410 e. The molecular formula is C10H15NO2. The van der Waals surface area contributed by atoms with Gasteiger partial charge in [0.1, 0.15) is 0 Å². The van der Waals surface area contributed by atoms with E-state index in [1.54, 1.807) is 0 Å². The Kier molecular flexibility index (Phi) is 2.25. The van der Waals surface area contributed by atoms with E-state index in [9.17, 15) is 4.79 Å². The van der Waals surface area contributed by atoms with Crippen molar-refractivity contribution in [1.29, 1.82) is 0 Å². The summed E-state index contributed by atoms with van der Waals surface area (Å²) in [7, 11) is 0. The van der Waals surface area contributed by atoms with Crippen molar-refractivity contribution in [3.8, 4) is 0 Å². The van der Waals surface area contributed by atoms with Gasteiger partial charge in [-0.3, -0.25) is 4.90 Å². The topological polar surface area (TPSA) is 29.5 Å². The van der Waals surface area contributed by atoms with Gasteiger partial charge in [0.15, 0.2) is 0 Å². The van der Waals surface area contributed by atoms with Gasteiger partial charge in [0, 0.05) is 6.04 Å². The maximum absolute atomic E-state index is 11.5. The third-order valence-corrected chi connectivity index (χ3v) is 2.79. The molecule has 0 aliphatic carbocycles. The average molecular weight is 181 g/mol. The van der Waals surface area contributed by atoms with E-state index in [2.05, 4.69) is 12.2 Å². The highest BCUT2D eigenvalue weighted by Gasteiger charge is 2.37. The molecule has 0 unspecified atom stereocenters. The number of hydrogen-bond acceptors (Lipinski definition) is 2. The largest absolute Gasteiger partial charge is 0.450 e. The van der Waals surface area contributed by atoms with E-state index in [1.807, 2.05) is 11.8 Å². The number of rotatable bonds is 1. The monoisotopic (exact) mass is 181 g/mol. The van der Waals surface area contributed by atoms with E-state index in [0.717, 1.165) is 19.3 Å². The maximum atomic E-state index is 11.5. The third kappa shape index (κ3) is 1.43. The lowest BCUT2D eigenvalue weighted by Gasteiger charge is -2.30. The van der Waals surface area contributed by atoms with Crippen LogP contribution in [0.3, 0.4) is 0 Å². The molecule has 2 atom stereocenters. The van der Waals surface area contributed by atoms with Gasteiger partial charge in [0.25, 0.3) is 0 Å². The van der Waals surface area contributed by atoms with Crippen LogP contribution in [-0.4, -0.2) is 29.7 Å². The van der Waals surface area contributed by atoms with E-state index >= 15 is 0 Å². The van der Waals surface area contributed by atoms with Crippen LogP contribution >= 0.6 is 0 Å². The summed E-state index contributed by atoms with van der Waals surface area (Å²) in [4.78, 5) is 13.4. The van der Waals surface area contributed by atoms with Crippen molar-refractivity contribution in [3.05, 3.63) is 12.2 Å². The van der Waals surface area contributed by atoms with Gasteiger partial charge in [-0.25, -0.2) is 4.79 Å².